The van der Waals surface area contributed by atoms with Gasteiger partial charge in [-0.3, -0.25) is 0 Å². The van der Waals surface area contributed by atoms with E-state index in [0.717, 1.165) is 0 Å². The first-order chi connectivity index (χ1) is 8.74. The third kappa shape index (κ3) is 8.13. The summed E-state index contributed by atoms with van der Waals surface area (Å²) in [5.74, 6) is 0. The molecule has 110 valence electrons. The molecular weight excluding hydrogens is 218 g/mol. The van der Waals surface area contributed by atoms with Crippen molar-refractivity contribution in [2.24, 2.45) is 0 Å². The molecule has 0 radical (unpaired) electrons. The van der Waals surface area contributed by atoms with E-state index in [0.29, 0.717) is 0 Å². The fourth-order valence-corrected chi connectivity index (χ4v) is 3.32. The first-order valence-corrected chi connectivity index (χ1v) is 8.59. The van der Waals surface area contributed by atoms with Crippen molar-refractivity contribution in [3.05, 3.63) is 0 Å². The smallest absolute Gasteiger partial charge is 0.0786 e. The van der Waals surface area contributed by atoms with Crippen LogP contribution in [0.2, 0.25) is 0 Å². The van der Waals surface area contributed by atoms with Crippen molar-refractivity contribution in [2.45, 2.75) is 85.5 Å². The van der Waals surface area contributed by atoms with E-state index >= 15 is 0 Å². The van der Waals surface area contributed by atoms with Crippen LogP contribution in [0.4, 0.5) is 0 Å². The van der Waals surface area contributed by atoms with Gasteiger partial charge in [0.25, 0.3) is 0 Å². The molecular formula is C17H38N+. The fourth-order valence-electron chi connectivity index (χ4n) is 3.32. The van der Waals surface area contributed by atoms with Crippen molar-refractivity contribution in [3.63, 3.8) is 0 Å². The minimum Gasteiger partial charge on any atom is -0.324 e. The average molecular weight is 256 g/mol. The topological polar surface area (TPSA) is 0 Å². The molecule has 0 unspecified atom stereocenters. The fraction of sp³-hybridized carbons (Fsp3) is 1.00. The Labute approximate surface area is 117 Å². The third-order valence-electron chi connectivity index (χ3n) is 4.08. The number of unbranched alkanes of at least 4 members (excludes halogenated alkanes) is 5. The van der Waals surface area contributed by atoms with E-state index in [1.807, 2.05) is 0 Å². The lowest BCUT2D eigenvalue weighted by atomic mass is 10.1. The zero-order valence-corrected chi connectivity index (χ0v) is 13.6. The molecule has 0 aromatic heterocycles. The lowest BCUT2D eigenvalue weighted by Crippen LogP contribution is -2.50. The summed E-state index contributed by atoms with van der Waals surface area (Å²) in [4.78, 5) is 0. The van der Waals surface area contributed by atoms with Crippen molar-refractivity contribution in [1.29, 1.82) is 0 Å². The molecule has 1 heteroatoms. The van der Waals surface area contributed by atoms with Crippen LogP contribution < -0.4 is 0 Å². The number of hydrogen-bond donors (Lipinski definition) is 0. The summed E-state index contributed by atoms with van der Waals surface area (Å²) in [6.45, 7) is 15.0. The predicted molar refractivity (Wildman–Crippen MR) is 84.0 cm³/mol. The van der Waals surface area contributed by atoms with E-state index in [1.54, 1.807) is 0 Å². The van der Waals surface area contributed by atoms with Crippen LogP contribution in [0, 0.1) is 0 Å². The predicted octanol–water partition coefficient (Wildman–Crippen LogP) is 5.39. The van der Waals surface area contributed by atoms with Crippen molar-refractivity contribution in [1.82, 2.24) is 0 Å². The molecule has 0 saturated heterocycles. The Bertz CT molecular complexity index is 148. The zero-order valence-electron chi connectivity index (χ0n) is 13.6. The van der Waals surface area contributed by atoms with Gasteiger partial charge in [0, 0.05) is 0 Å². The van der Waals surface area contributed by atoms with Crippen molar-refractivity contribution >= 4 is 0 Å². The van der Waals surface area contributed by atoms with Crippen LogP contribution in [0.3, 0.4) is 0 Å². The Kier molecular flexibility index (Phi) is 12.0. The van der Waals surface area contributed by atoms with Gasteiger partial charge in [-0.25, -0.2) is 0 Å². The monoisotopic (exact) mass is 256 g/mol. The van der Waals surface area contributed by atoms with Gasteiger partial charge < -0.3 is 4.48 Å². The highest BCUT2D eigenvalue weighted by Gasteiger charge is 2.23. The molecule has 0 bridgehead atoms. The second kappa shape index (κ2) is 12.0. The number of quaternary nitrogens is 1. The maximum atomic E-state index is 2.35. The number of nitrogens with zero attached hydrogens (tertiary/aromatic N) is 1. The molecule has 0 fully saturated rings. The van der Waals surface area contributed by atoms with Gasteiger partial charge in [-0.05, 0) is 32.1 Å². The molecule has 0 rings (SSSR count). The quantitative estimate of drug-likeness (QED) is 0.306. The Morgan fingerprint density at radius 1 is 0.444 bits per heavy atom. The van der Waals surface area contributed by atoms with Gasteiger partial charge in [-0.2, -0.15) is 0 Å². The van der Waals surface area contributed by atoms with Crippen molar-refractivity contribution in [2.75, 3.05) is 26.2 Å². The van der Waals surface area contributed by atoms with Gasteiger partial charge in [-0.1, -0.05) is 53.4 Å². The molecule has 1 nitrogen and oxygen atoms in total. The molecule has 0 aromatic rings. The van der Waals surface area contributed by atoms with Gasteiger partial charge in [0.15, 0.2) is 0 Å². The highest BCUT2D eigenvalue weighted by Crippen LogP contribution is 2.15. The van der Waals surface area contributed by atoms with E-state index in [2.05, 4.69) is 27.7 Å². The van der Waals surface area contributed by atoms with Crippen LogP contribution >= 0.6 is 0 Å². The van der Waals surface area contributed by atoms with Crippen LogP contribution in [0.25, 0.3) is 0 Å². The molecule has 0 atom stereocenters. The first-order valence-electron chi connectivity index (χ1n) is 8.59. The second-order valence-corrected chi connectivity index (χ2v) is 6.00. The van der Waals surface area contributed by atoms with Gasteiger partial charge in [0.05, 0.1) is 26.2 Å². The largest absolute Gasteiger partial charge is 0.324 e. The van der Waals surface area contributed by atoms with Crippen LogP contribution in [0.1, 0.15) is 85.5 Å². The van der Waals surface area contributed by atoms with Crippen LogP contribution in [0.15, 0.2) is 0 Å². The maximum absolute atomic E-state index is 2.35. The molecule has 0 aliphatic heterocycles. The molecule has 0 N–H and O–H groups in total. The molecule has 0 aliphatic carbocycles. The highest BCUT2D eigenvalue weighted by atomic mass is 15.3. The van der Waals surface area contributed by atoms with Crippen LogP contribution in [-0.2, 0) is 0 Å². The van der Waals surface area contributed by atoms with E-state index in [-0.39, 0.29) is 0 Å². The van der Waals surface area contributed by atoms with E-state index in [4.69, 9.17) is 0 Å². The molecule has 0 amide bonds. The minimum atomic E-state index is 1.34. The molecule has 0 saturated carbocycles. The van der Waals surface area contributed by atoms with E-state index in [9.17, 15) is 0 Å². The summed E-state index contributed by atoms with van der Waals surface area (Å²) in [7, 11) is 0. The normalized spacial score (nSPS) is 12.0. The molecule has 0 aliphatic rings. The van der Waals surface area contributed by atoms with Crippen LogP contribution in [-0.4, -0.2) is 30.7 Å². The van der Waals surface area contributed by atoms with Crippen molar-refractivity contribution < 1.29 is 4.48 Å². The molecule has 0 aromatic carbocycles. The summed E-state index contributed by atoms with van der Waals surface area (Å²) in [6, 6.07) is 0. The Balaban J connectivity index is 3.97. The summed E-state index contributed by atoms with van der Waals surface area (Å²) in [5.41, 5.74) is 0. The third-order valence-corrected chi connectivity index (χ3v) is 4.08. The van der Waals surface area contributed by atoms with Gasteiger partial charge in [0.1, 0.15) is 0 Å². The molecule has 0 heterocycles. The summed E-state index contributed by atoms with van der Waals surface area (Å²) < 4.78 is 1.40. The minimum absolute atomic E-state index is 1.34. The van der Waals surface area contributed by atoms with Crippen LogP contribution in [0.5, 0.6) is 0 Å². The number of rotatable bonds is 13. The van der Waals surface area contributed by atoms with Gasteiger partial charge in [0.2, 0.25) is 0 Å². The van der Waals surface area contributed by atoms with Gasteiger partial charge in [-0.15, -0.1) is 0 Å². The second-order valence-electron chi connectivity index (χ2n) is 6.00. The maximum Gasteiger partial charge on any atom is 0.0786 e. The Morgan fingerprint density at radius 2 is 0.889 bits per heavy atom. The number of hydrogen-bond acceptors (Lipinski definition) is 0. The Morgan fingerprint density at radius 3 is 1.33 bits per heavy atom. The highest BCUT2D eigenvalue weighted by molar-refractivity contribution is 4.48. The van der Waals surface area contributed by atoms with E-state index < -0.39 is 0 Å². The summed E-state index contributed by atoms with van der Waals surface area (Å²) in [5, 5.41) is 0. The van der Waals surface area contributed by atoms with E-state index in [1.165, 1.54) is 88.4 Å². The first kappa shape index (κ1) is 18.0. The summed E-state index contributed by atoms with van der Waals surface area (Å²) >= 11 is 0. The van der Waals surface area contributed by atoms with Crippen molar-refractivity contribution in [3.8, 4) is 0 Å². The zero-order chi connectivity index (χ0) is 13.7. The average Bonchev–Trinajstić information content (AvgIpc) is 2.35. The summed E-state index contributed by atoms with van der Waals surface area (Å²) in [6.07, 6.45) is 12.6. The SMILES string of the molecule is CCCCCCCC[N+](CCC)(CCC)CCC. The Hall–Kier alpha value is -0.0400. The van der Waals surface area contributed by atoms with Gasteiger partial charge >= 0.3 is 0 Å². The lowest BCUT2D eigenvalue weighted by Gasteiger charge is -2.38. The standard InChI is InChI=1S/C17H38N/c1-5-9-10-11-12-13-17-18(14-6-2,15-7-3)16-8-4/h5-17H2,1-4H3/q+1. The molecule has 0 spiro atoms. The lowest BCUT2D eigenvalue weighted by molar-refractivity contribution is -0.928. The molecule has 18 heavy (non-hydrogen) atoms.